The van der Waals surface area contributed by atoms with E-state index in [1.54, 1.807) is 38.4 Å². The lowest BCUT2D eigenvalue weighted by atomic mass is 9.97. The van der Waals surface area contributed by atoms with E-state index in [1.807, 2.05) is 0 Å². The first-order valence-corrected chi connectivity index (χ1v) is 8.54. The Bertz CT molecular complexity index is 616. The number of nitrogens with zero attached hydrogens (tertiary/aromatic N) is 1. The number of ether oxygens (including phenoxy) is 3. The summed E-state index contributed by atoms with van der Waals surface area (Å²) in [5, 5.41) is 11.9. The molecule has 1 aromatic rings. The van der Waals surface area contributed by atoms with E-state index < -0.39 is 5.97 Å². The summed E-state index contributed by atoms with van der Waals surface area (Å²) >= 11 is 0. The molecule has 1 heterocycles. The molecule has 1 saturated heterocycles. The second kappa shape index (κ2) is 9.17. The van der Waals surface area contributed by atoms with Crippen LogP contribution < -0.4 is 19.5 Å². The summed E-state index contributed by atoms with van der Waals surface area (Å²) in [4.78, 5) is 24.9. The van der Waals surface area contributed by atoms with Gasteiger partial charge in [-0.1, -0.05) is 0 Å². The van der Waals surface area contributed by atoms with Crippen LogP contribution in [0.3, 0.4) is 0 Å². The molecule has 1 aromatic carbocycles. The fraction of sp³-hybridized carbons (Fsp3) is 0.556. The largest absolute Gasteiger partial charge is 0.496 e. The Balaban J connectivity index is 1.91. The van der Waals surface area contributed by atoms with Crippen LogP contribution >= 0.6 is 0 Å². The molecule has 2 amide bonds. The van der Waals surface area contributed by atoms with E-state index in [1.165, 1.54) is 0 Å². The summed E-state index contributed by atoms with van der Waals surface area (Å²) in [5.41, 5.74) is 0.848. The lowest BCUT2D eigenvalue weighted by Crippen LogP contribution is -2.45. The highest BCUT2D eigenvalue weighted by molar-refractivity contribution is 5.75. The van der Waals surface area contributed by atoms with Crippen LogP contribution in [0.2, 0.25) is 0 Å². The van der Waals surface area contributed by atoms with Crippen LogP contribution in [0.4, 0.5) is 4.79 Å². The number of carbonyl (C=O) groups excluding carboxylic acids is 1. The minimum Gasteiger partial charge on any atom is -0.496 e. The summed E-state index contributed by atoms with van der Waals surface area (Å²) in [7, 11) is 4.72. The Hall–Kier alpha value is -2.64. The number of carbonyl (C=O) groups is 2. The van der Waals surface area contributed by atoms with Crippen LogP contribution in [0.25, 0.3) is 0 Å². The number of urea groups is 1. The van der Waals surface area contributed by atoms with Gasteiger partial charge in [0.2, 0.25) is 0 Å². The average molecular weight is 366 g/mol. The first kappa shape index (κ1) is 19.7. The molecule has 0 aromatic heterocycles. The summed E-state index contributed by atoms with van der Waals surface area (Å²) in [5.74, 6) is 0.763. The van der Waals surface area contributed by atoms with Crippen LogP contribution in [-0.4, -0.2) is 63.0 Å². The maximum atomic E-state index is 12.3. The number of benzene rings is 1. The normalized spacial score (nSPS) is 14.7. The van der Waals surface area contributed by atoms with Crippen molar-refractivity contribution in [2.45, 2.75) is 19.3 Å². The van der Waals surface area contributed by atoms with E-state index in [9.17, 15) is 9.59 Å². The molecule has 0 spiro atoms. The van der Waals surface area contributed by atoms with E-state index in [0.717, 1.165) is 5.56 Å². The van der Waals surface area contributed by atoms with E-state index in [2.05, 4.69) is 5.32 Å². The van der Waals surface area contributed by atoms with Gasteiger partial charge in [0.05, 0.1) is 27.2 Å². The SMILES string of the molecule is COc1cc(OC)c(CCNC(=O)N2CCC(C(=O)O)CC2)c(OC)c1. The molecule has 1 fully saturated rings. The Morgan fingerprint density at radius 1 is 1.12 bits per heavy atom. The number of carboxylic acid groups (broad SMARTS) is 1. The zero-order valence-electron chi connectivity index (χ0n) is 15.4. The average Bonchev–Trinajstić information content (AvgIpc) is 2.67. The third-order valence-electron chi connectivity index (χ3n) is 4.60. The second-order valence-corrected chi connectivity index (χ2v) is 6.09. The molecule has 8 nitrogen and oxygen atoms in total. The highest BCUT2D eigenvalue weighted by Gasteiger charge is 2.26. The molecule has 0 atom stereocenters. The topological polar surface area (TPSA) is 97.3 Å². The van der Waals surface area contributed by atoms with Gasteiger partial charge in [0.15, 0.2) is 0 Å². The second-order valence-electron chi connectivity index (χ2n) is 6.09. The lowest BCUT2D eigenvalue weighted by Gasteiger charge is -2.30. The van der Waals surface area contributed by atoms with Gasteiger partial charge in [-0.15, -0.1) is 0 Å². The van der Waals surface area contributed by atoms with Gasteiger partial charge in [-0.3, -0.25) is 4.79 Å². The van der Waals surface area contributed by atoms with Crippen molar-refractivity contribution in [2.24, 2.45) is 5.92 Å². The van der Waals surface area contributed by atoms with Gasteiger partial charge in [0, 0.05) is 37.3 Å². The number of nitrogens with one attached hydrogen (secondary N) is 1. The smallest absolute Gasteiger partial charge is 0.317 e. The number of rotatable bonds is 7. The monoisotopic (exact) mass is 366 g/mol. The molecule has 8 heteroatoms. The van der Waals surface area contributed by atoms with Gasteiger partial charge in [-0.05, 0) is 19.3 Å². The number of hydrogen-bond acceptors (Lipinski definition) is 5. The molecule has 2 rings (SSSR count). The first-order valence-electron chi connectivity index (χ1n) is 8.54. The van der Waals surface area contributed by atoms with Crippen molar-refractivity contribution in [1.29, 1.82) is 0 Å². The number of amides is 2. The van der Waals surface area contributed by atoms with Crippen molar-refractivity contribution in [1.82, 2.24) is 10.2 Å². The molecule has 0 unspecified atom stereocenters. The van der Waals surface area contributed by atoms with Crippen molar-refractivity contribution in [3.63, 3.8) is 0 Å². The fourth-order valence-corrected chi connectivity index (χ4v) is 3.06. The molecule has 144 valence electrons. The third-order valence-corrected chi connectivity index (χ3v) is 4.60. The van der Waals surface area contributed by atoms with Crippen molar-refractivity contribution in [3.8, 4) is 17.2 Å². The van der Waals surface area contributed by atoms with Crippen LogP contribution in [0.1, 0.15) is 18.4 Å². The number of likely N-dealkylation sites (tertiary alicyclic amines) is 1. The van der Waals surface area contributed by atoms with Gasteiger partial charge in [-0.25, -0.2) is 4.79 Å². The van der Waals surface area contributed by atoms with Crippen LogP contribution in [0, 0.1) is 5.92 Å². The Morgan fingerprint density at radius 2 is 1.69 bits per heavy atom. The molecule has 0 bridgehead atoms. The Morgan fingerprint density at radius 3 is 2.15 bits per heavy atom. The van der Waals surface area contributed by atoms with Crippen LogP contribution in [-0.2, 0) is 11.2 Å². The summed E-state index contributed by atoms with van der Waals surface area (Å²) < 4.78 is 16.0. The number of aliphatic carboxylic acids is 1. The minimum absolute atomic E-state index is 0.180. The number of carboxylic acids is 1. The van der Waals surface area contributed by atoms with Gasteiger partial charge in [0.25, 0.3) is 0 Å². The molecule has 1 aliphatic rings. The van der Waals surface area contributed by atoms with E-state index in [4.69, 9.17) is 19.3 Å². The van der Waals surface area contributed by atoms with Gasteiger partial charge < -0.3 is 29.5 Å². The highest BCUT2D eigenvalue weighted by atomic mass is 16.5. The van der Waals surface area contributed by atoms with Crippen molar-refractivity contribution < 1.29 is 28.9 Å². The fourth-order valence-electron chi connectivity index (χ4n) is 3.06. The van der Waals surface area contributed by atoms with Crippen LogP contribution in [0.5, 0.6) is 17.2 Å². The van der Waals surface area contributed by atoms with Gasteiger partial charge in [-0.2, -0.15) is 0 Å². The Kier molecular flexibility index (Phi) is 6.94. The molecular weight excluding hydrogens is 340 g/mol. The predicted molar refractivity (Wildman–Crippen MR) is 95.1 cm³/mol. The first-order chi connectivity index (χ1) is 12.5. The van der Waals surface area contributed by atoms with Gasteiger partial charge >= 0.3 is 12.0 Å². The summed E-state index contributed by atoms with van der Waals surface area (Å²) in [6.07, 6.45) is 1.51. The molecule has 0 saturated carbocycles. The molecule has 1 aliphatic heterocycles. The zero-order chi connectivity index (χ0) is 19.1. The van der Waals surface area contributed by atoms with Crippen molar-refractivity contribution >= 4 is 12.0 Å². The standard InChI is InChI=1S/C18H26N2O6/c1-24-13-10-15(25-2)14(16(11-13)26-3)4-7-19-18(23)20-8-5-12(6-9-20)17(21)22/h10-12H,4-9H2,1-3H3,(H,19,23)(H,21,22). The molecular formula is C18H26N2O6. The zero-order valence-corrected chi connectivity index (χ0v) is 15.4. The van der Waals surface area contributed by atoms with Gasteiger partial charge in [0.1, 0.15) is 17.2 Å². The summed E-state index contributed by atoms with van der Waals surface area (Å²) in [6, 6.07) is 3.37. The maximum Gasteiger partial charge on any atom is 0.317 e. The van der Waals surface area contributed by atoms with Crippen molar-refractivity contribution in [3.05, 3.63) is 17.7 Å². The number of methoxy groups -OCH3 is 3. The minimum atomic E-state index is -0.788. The van der Waals surface area contributed by atoms with E-state index in [0.29, 0.717) is 56.1 Å². The number of piperidine rings is 1. The van der Waals surface area contributed by atoms with Crippen LogP contribution in [0.15, 0.2) is 12.1 Å². The molecule has 0 radical (unpaired) electrons. The molecule has 0 aliphatic carbocycles. The van der Waals surface area contributed by atoms with E-state index in [-0.39, 0.29) is 11.9 Å². The number of hydrogen-bond donors (Lipinski definition) is 2. The quantitative estimate of drug-likeness (QED) is 0.763. The molecule has 26 heavy (non-hydrogen) atoms. The maximum absolute atomic E-state index is 12.3. The highest BCUT2D eigenvalue weighted by Crippen LogP contribution is 2.34. The van der Waals surface area contributed by atoms with Crippen molar-refractivity contribution in [2.75, 3.05) is 41.0 Å². The summed E-state index contributed by atoms with van der Waals surface area (Å²) in [6.45, 7) is 1.33. The lowest BCUT2D eigenvalue weighted by molar-refractivity contribution is -0.143. The third kappa shape index (κ3) is 4.71. The molecule has 2 N–H and O–H groups in total. The Labute approximate surface area is 153 Å². The van der Waals surface area contributed by atoms with E-state index >= 15 is 0 Å². The predicted octanol–water partition coefficient (Wildman–Crippen LogP) is 1.76.